The lowest BCUT2D eigenvalue weighted by atomic mass is 10.2. The van der Waals surface area contributed by atoms with Crippen LogP contribution in [-0.2, 0) is 0 Å². The lowest BCUT2D eigenvalue weighted by Crippen LogP contribution is -2.13. The highest BCUT2D eigenvalue weighted by atomic mass is 79.9. The van der Waals surface area contributed by atoms with E-state index in [1.165, 1.54) is 0 Å². The van der Waals surface area contributed by atoms with Gasteiger partial charge in [-0.25, -0.2) is 0 Å². The highest BCUT2D eigenvalue weighted by Gasteiger charge is 2.23. The molecule has 0 radical (unpaired) electrons. The minimum absolute atomic E-state index is 0.197. The summed E-state index contributed by atoms with van der Waals surface area (Å²) in [4.78, 5) is 13.2. The second kappa shape index (κ2) is 5.22. The number of aromatic nitrogens is 3. The van der Waals surface area contributed by atoms with Gasteiger partial charge in [0, 0.05) is 15.2 Å². The molecule has 0 fully saturated rings. The van der Waals surface area contributed by atoms with Crippen molar-refractivity contribution in [1.82, 2.24) is 14.8 Å². The van der Waals surface area contributed by atoms with Crippen LogP contribution < -0.4 is 0 Å². The summed E-state index contributed by atoms with van der Waals surface area (Å²) in [5.41, 5.74) is 2.81. The molecule has 23 heavy (non-hydrogen) atoms. The largest absolute Gasteiger partial charge is 0.268 e. The number of aromatic amines is 1. The molecule has 4 rings (SSSR count). The zero-order chi connectivity index (χ0) is 16.1. The second-order valence-corrected chi connectivity index (χ2v) is 6.55. The number of hydrogen-bond donors (Lipinski definition) is 1. The first-order chi connectivity index (χ1) is 11.1. The van der Waals surface area contributed by atoms with Gasteiger partial charge in [0.05, 0.1) is 21.8 Å². The average Bonchev–Trinajstić information content (AvgIpc) is 3.05. The van der Waals surface area contributed by atoms with E-state index in [1.54, 1.807) is 22.8 Å². The number of rotatable bonds is 1. The summed E-state index contributed by atoms with van der Waals surface area (Å²) >= 11 is 9.68. The van der Waals surface area contributed by atoms with Crippen molar-refractivity contribution in [2.75, 3.05) is 0 Å². The second-order valence-electron chi connectivity index (χ2n) is 5.29. The SMILES string of the molecule is Cc1n[nH]c2c1c1ccccc1n2C(=O)c1c(Cl)cccc1Br. The Morgan fingerprint density at radius 3 is 2.78 bits per heavy atom. The Hall–Kier alpha value is -2.11. The van der Waals surface area contributed by atoms with Crippen LogP contribution in [0.2, 0.25) is 5.02 Å². The van der Waals surface area contributed by atoms with Crippen molar-refractivity contribution < 1.29 is 4.79 Å². The van der Waals surface area contributed by atoms with Crippen LogP contribution in [0.1, 0.15) is 16.1 Å². The third kappa shape index (κ3) is 2.04. The van der Waals surface area contributed by atoms with Crippen molar-refractivity contribution in [3.05, 3.63) is 63.2 Å². The zero-order valence-corrected chi connectivity index (χ0v) is 14.4. The fourth-order valence-corrected chi connectivity index (χ4v) is 3.83. The smallest absolute Gasteiger partial charge is 0.266 e. The van der Waals surface area contributed by atoms with E-state index in [-0.39, 0.29) is 5.91 Å². The number of benzene rings is 2. The van der Waals surface area contributed by atoms with E-state index < -0.39 is 0 Å². The first-order valence-electron chi connectivity index (χ1n) is 7.02. The number of fused-ring (bicyclic) bond motifs is 3. The topological polar surface area (TPSA) is 50.7 Å². The van der Waals surface area contributed by atoms with Crippen LogP contribution in [0.4, 0.5) is 0 Å². The normalized spacial score (nSPS) is 11.4. The fourth-order valence-electron chi connectivity index (χ4n) is 2.93. The standard InChI is InChI=1S/C17H11BrClN3O/c1-9-14-10-5-2-3-8-13(10)22(16(14)21-20-9)17(23)15-11(18)6-4-7-12(15)19/h2-8H,1H3,(H,20,21). The summed E-state index contributed by atoms with van der Waals surface area (Å²) < 4.78 is 2.30. The maximum atomic E-state index is 13.2. The summed E-state index contributed by atoms with van der Waals surface area (Å²) in [5, 5.41) is 9.57. The molecule has 1 N–H and O–H groups in total. The number of hydrogen-bond acceptors (Lipinski definition) is 2. The molecule has 6 heteroatoms. The van der Waals surface area contributed by atoms with Crippen LogP contribution >= 0.6 is 27.5 Å². The van der Waals surface area contributed by atoms with Gasteiger partial charge >= 0.3 is 0 Å². The monoisotopic (exact) mass is 387 g/mol. The lowest BCUT2D eigenvalue weighted by Gasteiger charge is -2.08. The Morgan fingerprint density at radius 1 is 1.22 bits per heavy atom. The molecular weight excluding hydrogens is 378 g/mol. The number of aryl methyl sites for hydroxylation is 1. The molecule has 2 aromatic heterocycles. The maximum absolute atomic E-state index is 13.2. The molecule has 114 valence electrons. The van der Waals surface area contributed by atoms with Crippen molar-refractivity contribution in [3.63, 3.8) is 0 Å². The summed E-state index contributed by atoms with van der Waals surface area (Å²) in [6.45, 7) is 1.92. The van der Waals surface area contributed by atoms with Crippen LogP contribution in [0.15, 0.2) is 46.9 Å². The zero-order valence-electron chi connectivity index (χ0n) is 12.1. The van der Waals surface area contributed by atoms with Crippen LogP contribution in [0.25, 0.3) is 21.9 Å². The quantitative estimate of drug-likeness (QED) is 0.502. The Morgan fingerprint density at radius 2 is 2.00 bits per heavy atom. The number of H-pyrrole nitrogens is 1. The van der Waals surface area contributed by atoms with E-state index in [4.69, 9.17) is 11.6 Å². The van der Waals surface area contributed by atoms with Gasteiger partial charge in [-0.15, -0.1) is 0 Å². The maximum Gasteiger partial charge on any atom is 0.266 e. The highest BCUT2D eigenvalue weighted by Crippen LogP contribution is 2.33. The van der Waals surface area contributed by atoms with Crippen LogP contribution in [0.3, 0.4) is 0 Å². The summed E-state index contributed by atoms with van der Waals surface area (Å²) in [5.74, 6) is -0.197. The predicted molar refractivity (Wildman–Crippen MR) is 95.2 cm³/mol. The summed E-state index contributed by atoms with van der Waals surface area (Å²) in [6, 6.07) is 13.1. The van der Waals surface area contributed by atoms with E-state index >= 15 is 0 Å². The van der Waals surface area contributed by atoms with Gasteiger partial charge in [-0.2, -0.15) is 5.10 Å². The summed E-state index contributed by atoms with van der Waals surface area (Å²) in [7, 11) is 0. The van der Waals surface area contributed by atoms with Crippen molar-refractivity contribution in [2.45, 2.75) is 6.92 Å². The number of halogens is 2. The molecule has 2 aromatic carbocycles. The fraction of sp³-hybridized carbons (Fsp3) is 0.0588. The van der Waals surface area contributed by atoms with Crippen LogP contribution in [0, 0.1) is 6.92 Å². The molecule has 0 aliphatic heterocycles. The summed E-state index contributed by atoms with van der Waals surface area (Å²) in [6.07, 6.45) is 0. The van der Waals surface area contributed by atoms with Crippen molar-refractivity contribution in [1.29, 1.82) is 0 Å². The number of carbonyl (C=O) groups is 1. The molecular formula is C17H11BrClN3O. The average molecular weight is 389 g/mol. The van der Waals surface area contributed by atoms with Gasteiger partial charge < -0.3 is 0 Å². The molecule has 0 spiro atoms. The molecule has 0 saturated carbocycles. The molecule has 4 aromatic rings. The van der Waals surface area contributed by atoms with Gasteiger partial charge in [-0.3, -0.25) is 14.5 Å². The minimum Gasteiger partial charge on any atom is -0.268 e. The van der Waals surface area contributed by atoms with Crippen molar-refractivity contribution >= 4 is 55.4 Å². The van der Waals surface area contributed by atoms with Gasteiger partial charge in [0.15, 0.2) is 0 Å². The molecule has 4 nitrogen and oxygen atoms in total. The minimum atomic E-state index is -0.197. The van der Waals surface area contributed by atoms with Gasteiger partial charge in [-0.1, -0.05) is 35.9 Å². The van der Waals surface area contributed by atoms with E-state index in [0.717, 1.165) is 22.0 Å². The number of nitrogens with one attached hydrogen (secondary N) is 1. The van der Waals surface area contributed by atoms with Crippen molar-refractivity contribution in [3.8, 4) is 0 Å². The Bertz CT molecular complexity index is 1060. The van der Waals surface area contributed by atoms with Gasteiger partial charge in [0.2, 0.25) is 0 Å². The Labute approximate surface area is 145 Å². The molecule has 0 atom stereocenters. The Kier molecular flexibility index (Phi) is 3.28. The number of nitrogens with zero attached hydrogens (tertiary/aromatic N) is 2. The highest BCUT2D eigenvalue weighted by molar-refractivity contribution is 9.10. The third-order valence-electron chi connectivity index (χ3n) is 3.95. The molecule has 2 heterocycles. The van der Waals surface area contributed by atoms with Crippen LogP contribution in [0.5, 0.6) is 0 Å². The molecule has 0 unspecified atom stereocenters. The third-order valence-corrected chi connectivity index (χ3v) is 4.92. The molecule has 0 amide bonds. The van der Waals surface area contributed by atoms with Gasteiger partial charge in [0.25, 0.3) is 5.91 Å². The molecule has 0 saturated heterocycles. The molecule has 0 bridgehead atoms. The van der Waals surface area contributed by atoms with Crippen LogP contribution in [-0.4, -0.2) is 20.7 Å². The first kappa shape index (κ1) is 14.5. The van der Waals surface area contributed by atoms with E-state index in [0.29, 0.717) is 20.7 Å². The Balaban J connectivity index is 2.10. The van der Waals surface area contributed by atoms with E-state index in [9.17, 15) is 4.79 Å². The molecule has 0 aliphatic rings. The van der Waals surface area contributed by atoms with E-state index in [1.807, 2.05) is 31.2 Å². The predicted octanol–water partition coefficient (Wildman–Crippen LogP) is 4.93. The van der Waals surface area contributed by atoms with E-state index in [2.05, 4.69) is 26.1 Å². The first-order valence-corrected chi connectivity index (χ1v) is 8.19. The lowest BCUT2D eigenvalue weighted by molar-refractivity contribution is 0.0968. The van der Waals surface area contributed by atoms with Gasteiger partial charge in [-0.05, 0) is 41.1 Å². The molecule has 0 aliphatic carbocycles. The van der Waals surface area contributed by atoms with Crippen molar-refractivity contribution in [2.24, 2.45) is 0 Å². The van der Waals surface area contributed by atoms with Gasteiger partial charge in [0.1, 0.15) is 5.65 Å². The number of para-hydroxylation sites is 1. The number of carbonyl (C=O) groups excluding carboxylic acids is 1.